The summed E-state index contributed by atoms with van der Waals surface area (Å²) in [5.41, 5.74) is 17.7. The summed E-state index contributed by atoms with van der Waals surface area (Å²) in [7, 11) is 0. The highest BCUT2D eigenvalue weighted by Gasteiger charge is 2.21. The molecular weight excluding hydrogens is 863 g/mol. The molecule has 13 aromatic rings. The van der Waals surface area contributed by atoms with Crippen molar-refractivity contribution in [3.63, 3.8) is 0 Å². The van der Waals surface area contributed by atoms with E-state index in [0.29, 0.717) is 0 Å². The second kappa shape index (κ2) is 17.7. The molecule has 0 atom stereocenters. The lowest BCUT2D eigenvalue weighted by molar-refractivity contribution is 1.28. The van der Waals surface area contributed by atoms with Gasteiger partial charge < -0.3 is 4.90 Å². The lowest BCUT2D eigenvalue weighted by atomic mass is 9.84. The minimum Gasteiger partial charge on any atom is -0.310 e. The first-order chi connectivity index (χ1) is 34.7. The van der Waals surface area contributed by atoms with E-state index in [0.717, 1.165) is 22.6 Å². The van der Waals surface area contributed by atoms with Gasteiger partial charge in [0.1, 0.15) is 0 Å². The van der Waals surface area contributed by atoms with E-state index in [4.69, 9.17) is 0 Å². The molecular formula is C68H45NS. The quantitative estimate of drug-likeness (QED) is 0.130. The standard InChI is InChI=1S/C68H45NS/c1-5-19-47(20-6-1)56-42-40-55(45-63(56)48-21-7-2-8-22-48)69(54-28-17-27-52(43-54)57-32-18-33-62-60-30-15-16-34-65(60)70-68(57)62)53-38-35-46(36-39-53)51-37-41-59-58-29-13-14-31-61(58)66(49-23-9-3-10-24-49)67(64(59)44-51)50-25-11-4-12-26-50/h1-45H. The van der Waals surface area contributed by atoms with Crippen molar-refractivity contribution in [3.8, 4) is 66.8 Å². The van der Waals surface area contributed by atoms with E-state index >= 15 is 0 Å². The maximum Gasteiger partial charge on any atom is 0.0468 e. The van der Waals surface area contributed by atoms with E-state index < -0.39 is 0 Å². The van der Waals surface area contributed by atoms with E-state index in [2.05, 4.69) is 278 Å². The van der Waals surface area contributed by atoms with Crippen LogP contribution in [-0.2, 0) is 0 Å². The molecule has 0 bridgehead atoms. The number of thiophene rings is 1. The average molecular weight is 908 g/mol. The Morgan fingerprint density at radius 1 is 0.229 bits per heavy atom. The van der Waals surface area contributed by atoms with Crippen LogP contribution < -0.4 is 4.90 Å². The van der Waals surface area contributed by atoms with Crippen LogP contribution in [0.3, 0.4) is 0 Å². The molecule has 1 heterocycles. The normalized spacial score (nSPS) is 11.4. The smallest absolute Gasteiger partial charge is 0.0468 e. The van der Waals surface area contributed by atoms with Gasteiger partial charge in [-0.2, -0.15) is 0 Å². The molecule has 0 saturated carbocycles. The predicted molar refractivity (Wildman–Crippen MR) is 302 cm³/mol. The summed E-state index contributed by atoms with van der Waals surface area (Å²) in [6, 6.07) is 99.9. The molecule has 328 valence electrons. The summed E-state index contributed by atoms with van der Waals surface area (Å²) >= 11 is 1.88. The maximum absolute atomic E-state index is 2.42. The average Bonchev–Trinajstić information content (AvgIpc) is 3.83. The van der Waals surface area contributed by atoms with Gasteiger partial charge in [-0.05, 0) is 137 Å². The Morgan fingerprint density at radius 3 is 1.43 bits per heavy atom. The molecule has 0 fully saturated rings. The van der Waals surface area contributed by atoms with Crippen molar-refractivity contribution in [3.05, 3.63) is 273 Å². The topological polar surface area (TPSA) is 3.24 Å². The van der Waals surface area contributed by atoms with Crippen molar-refractivity contribution in [2.45, 2.75) is 0 Å². The summed E-state index contributed by atoms with van der Waals surface area (Å²) in [6.45, 7) is 0. The van der Waals surface area contributed by atoms with Crippen LogP contribution in [0.4, 0.5) is 17.1 Å². The van der Waals surface area contributed by atoms with Crippen molar-refractivity contribution in [1.29, 1.82) is 0 Å². The molecule has 0 aliphatic rings. The van der Waals surface area contributed by atoms with Gasteiger partial charge in [-0.1, -0.05) is 224 Å². The van der Waals surface area contributed by atoms with Crippen LogP contribution in [0.15, 0.2) is 273 Å². The predicted octanol–water partition coefficient (Wildman–Crippen LogP) is 19.8. The Morgan fingerprint density at radius 2 is 0.729 bits per heavy atom. The molecule has 0 amide bonds. The van der Waals surface area contributed by atoms with Crippen molar-refractivity contribution >= 4 is 70.1 Å². The Labute approximate surface area is 412 Å². The molecule has 0 aliphatic heterocycles. The highest BCUT2D eigenvalue weighted by Crippen LogP contribution is 2.47. The summed E-state index contributed by atoms with van der Waals surface area (Å²) in [5, 5.41) is 7.61. The van der Waals surface area contributed by atoms with Gasteiger partial charge in [0, 0.05) is 37.2 Å². The number of rotatable bonds is 9. The molecule has 0 N–H and O–H groups in total. The zero-order chi connectivity index (χ0) is 46.4. The van der Waals surface area contributed by atoms with Gasteiger partial charge in [0.05, 0.1) is 0 Å². The molecule has 0 saturated heterocycles. The Bertz CT molecular complexity index is 4030. The van der Waals surface area contributed by atoms with E-state index in [9.17, 15) is 0 Å². The van der Waals surface area contributed by atoms with Gasteiger partial charge in [0.25, 0.3) is 0 Å². The number of fused-ring (bicyclic) bond motifs is 6. The first-order valence-corrected chi connectivity index (χ1v) is 24.8. The third-order valence-electron chi connectivity index (χ3n) is 13.9. The summed E-state index contributed by atoms with van der Waals surface area (Å²) in [4.78, 5) is 2.42. The van der Waals surface area contributed by atoms with E-state index in [1.165, 1.54) is 103 Å². The Kier molecular flexibility index (Phi) is 10.5. The fourth-order valence-electron chi connectivity index (χ4n) is 10.6. The van der Waals surface area contributed by atoms with Crippen molar-refractivity contribution in [1.82, 2.24) is 0 Å². The first kappa shape index (κ1) is 41.4. The number of hydrogen-bond donors (Lipinski definition) is 0. The van der Waals surface area contributed by atoms with Gasteiger partial charge in [-0.15, -0.1) is 11.3 Å². The van der Waals surface area contributed by atoms with E-state index in [-0.39, 0.29) is 0 Å². The number of anilines is 3. The lowest BCUT2D eigenvalue weighted by Gasteiger charge is -2.27. The number of hydrogen-bond acceptors (Lipinski definition) is 2. The van der Waals surface area contributed by atoms with Crippen LogP contribution >= 0.6 is 11.3 Å². The van der Waals surface area contributed by atoms with Gasteiger partial charge in [-0.25, -0.2) is 0 Å². The molecule has 0 aliphatic carbocycles. The third-order valence-corrected chi connectivity index (χ3v) is 15.1. The van der Waals surface area contributed by atoms with Gasteiger partial charge in [0.2, 0.25) is 0 Å². The molecule has 0 spiro atoms. The Hall–Kier alpha value is -8.82. The molecule has 1 nitrogen and oxygen atoms in total. The fourth-order valence-corrected chi connectivity index (χ4v) is 11.9. The zero-order valence-corrected chi connectivity index (χ0v) is 39.2. The molecule has 13 rings (SSSR count). The van der Waals surface area contributed by atoms with Crippen LogP contribution in [0, 0.1) is 0 Å². The van der Waals surface area contributed by atoms with E-state index in [1.807, 2.05) is 11.3 Å². The van der Waals surface area contributed by atoms with Crippen molar-refractivity contribution in [2.24, 2.45) is 0 Å². The first-order valence-electron chi connectivity index (χ1n) is 24.0. The van der Waals surface area contributed by atoms with Crippen LogP contribution in [0.2, 0.25) is 0 Å². The molecule has 1 aromatic heterocycles. The second-order valence-corrected chi connectivity index (χ2v) is 19.0. The SMILES string of the molecule is c1ccc(-c2ccc(N(c3ccc(-c4ccc5c(c4)c(-c4ccccc4)c(-c4ccccc4)c4ccccc45)cc3)c3cccc(-c4cccc5c4sc4ccccc45)c3)cc2-c2ccccc2)cc1. The van der Waals surface area contributed by atoms with Crippen LogP contribution in [0.1, 0.15) is 0 Å². The lowest BCUT2D eigenvalue weighted by Crippen LogP contribution is -2.10. The monoisotopic (exact) mass is 907 g/mol. The molecule has 70 heavy (non-hydrogen) atoms. The Balaban J connectivity index is 0.982. The molecule has 2 heteroatoms. The van der Waals surface area contributed by atoms with Gasteiger partial charge in [0.15, 0.2) is 0 Å². The molecule has 0 unspecified atom stereocenters. The highest BCUT2D eigenvalue weighted by molar-refractivity contribution is 7.26. The summed E-state index contributed by atoms with van der Waals surface area (Å²) < 4.78 is 2.62. The van der Waals surface area contributed by atoms with E-state index in [1.54, 1.807) is 0 Å². The highest BCUT2D eigenvalue weighted by atomic mass is 32.1. The number of benzene rings is 12. The van der Waals surface area contributed by atoms with Crippen LogP contribution in [-0.4, -0.2) is 0 Å². The van der Waals surface area contributed by atoms with Crippen LogP contribution in [0.5, 0.6) is 0 Å². The molecule has 0 radical (unpaired) electrons. The zero-order valence-electron chi connectivity index (χ0n) is 38.3. The summed E-state index contributed by atoms with van der Waals surface area (Å²) in [5.74, 6) is 0. The van der Waals surface area contributed by atoms with Crippen molar-refractivity contribution < 1.29 is 0 Å². The van der Waals surface area contributed by atoms with Crippen LogP contribution in [0.25, 0.3) is 108 Å². The minimum absolute atomic E-state index is 1.08. The van der Waals surface area contributed by atoms with Gasteiger partial charge in [-0.3, -0.25) is 0 Å². The fraction of sp³-hybridized carbons (Fsp3) is 0. The third kappa shape index (κ3) is 7.34. The number of nitrogens with zero attached hydrogens (tertiary/aromatic N) is 1. The van der Waals surface area contributed by atoms with Crippen molar-refractivity contribution in [2.75, 3.05) is 4.90 Å². The van der Waals surface area contributed by atoms with Gasteiger partial charge >= 0.3 is 0 Å². The largest absolute Gasteiger partial charge is 0.310 e. The second-order valence-electron chi connectivity index (χ2n) is 18.0. The maximum atomic E-state index is 2.42. The molecule has 12 aromatic carbocycles. The summed E-state index contributed by atoms with van der Waals surface area (Å²) in [6.07, 6.45) is 0. The minimum atomic E-state index is 1.08.